The van der Waals surface area contributed by atoms with Crippen LogP contribution in [0.25, 0.3) is 0 Å². The number of nitrogens with zero attached hydrogens (tertiary/aromatic N) is 2. The van der Waals surface area contributed by atoms with E-state index >= 15 is 0 Å². The van der Waals surface area contributed by atoms with Crippen molar-refractivity contribution in [3.05, 3.63) is 18.1 Å². The van der Waals surface area contributed by atoms with Gasteiger partial charge in [0.1, 0.15) is 20.1 Å². The van der Waals surface area contributed by atoms with Gasteiger partial charge in [-0.25, -0.2) is 9.97 Å². The van der Waals surface area contributed by atoms with Gasteiger partial charge < -0.3 is 4.74 Å². The van der Waals surface area contributed by atoms with Crippen LogP contribution < -0.4 is 4.74 Å². The van der Waals surface area contributed by atoms with E-state index in [9.17, 15) is 0 Å². The van der Waals surface area contributed by atoms with Gasteiger partial charge in [0.05, 0.1) is 7.11 Å². The molecule has 0 N–H and O–H groups in total. The molecule has 0 bridgehead atoms. The van der Waals surface area contributed by atoms with Crippen molar-refractivity contribution in [2.24, 2.45) is 0 Å². The SMILES string of the molecule is COc1cc(C#C[Si](C)(C)C)ncn1. The van der Waals surface area contributed by atoms with E-state index in [-0.39, 0.29) is 0 Å². The molecule has 0 saturated heterocycles. The standard InChI is InChI=1S/C10H14N2OSi/c1-13-10-7-9(11-8-12-10)5-6-14(2,3)4/h7-8H,1-4H3. The van der Waals surface area contributed by atoms with Gasteiger partial charge in [-0.1, -0.05) is 25.6 Å². The van der Waals surface area contributed by atoms with Crippen LogP contribution >= 0.6 is 0 Å². The zero-order chi connectivity index (χ0) is 10.6. The molecule has 0 fully saturated rings. The lowest BCUT2D eigenvalue weighted by molar-refractivity contribution is 0.396. The third-order valence-corrected chi connectivity index (χ3v) is 2.29. The molecule has 0 aromatic carbocycles. The summed E-state index contributed by atoms with van der Waals surface area (Å²) >= 11 is 0. The molecule has 0 unspecified atom stereocenters. The van der Waals surface area contributed by atoms with Crippen LogP contribution in [0, 0.1) is 11.5 Å². The van der Waals surface area contributed by atoms with Crippen molar-refractivity contribution in [3.8, 4) is 17.3 Å². The quantitative estimate of drug-likeness (QED) is 0.518. The molecule has 0 atom stereocenters. The molecular formula is C10H14N2OSi. The molecule has 0 aliphatic carbocycles. The van der Waals surface area contributed by atoms with Crippen molar-refractivity contribution in [1.82, 2.24) is 9.97 Å². The molecule has 1 aromatic heterocycles. The molecule has 0 aliphatic rings. The van der Waals surface area contributed by atoms with E-state index < -0.39 is 8.07 Å². The Morgan fingerprint density at radius 1 is 1.29 bits per heavy atom. The monoisotopic (exact) mass is 206 g/mol. The van der Waals surface area contributed by atoms with Gasteiger partial charge in [0.15, 0.2) is 0 Å². The summed E-state index contributed by atoms with van der Waals surface area (Å²) in [7, 11) is 0.251. The first-order valence-corrected chi connectivity index (χ1v) is 7.90. The average molecular weight is 206 g/mol. The predicted molar refractivity (Wildman–Crippen MR) is 58.8 cm³/mol. The van der Waals surface area contributed by atoms with Crippen LogP contribution in [0.5, 0.6) is 5.88 Å². The van der Waals surface area contributed by atoms with Crippen molar-refractivity contribution in [2.75, 3.05) is 7.11 Å². The Balaban J connectivity index is 2.90. The molecule has 4 heteroatoms. The van der Waals surface area contributed by atoms with E-state index in [1.165, 1.54) is 6.33 Å². The molecule has 0 saturated carbocycles. The Bertz CT molecular complexity index is 374. The zero-order valence-electron chi connectivity index (χ0n) is 8.96. The molecule has 1 heterocycles. The number of hydrogen-bond acceptors (Lipinski definition) is 3. The molecule has 14 heavy (non-hydrogen) atoms. The second-order valence-corrected chi connectivity index (χ2v) is 8.70. The maximum absolute atomic E-state index is 4.98. The summed E-state index contributed by atoms with van der Waals surface area (Å²) in [6, 6.07) is 1.74. The molecule has 1 rings (SSSR count). The van der Waals surface area contributed by atoms with E-state index in [1.54, 1.807) is 13.2 Å². The fraction of sp³-hybridized carbons (Fsp3) is 0.400. The first kappa shape index (κ1) is 10.7. The third kappa shape index (κ3) is 3.58. The Hall–Kier alpha value is -1.34. The minimum absolute atomic E-state index is 0.555. The minimum atomic E-state index is -1.33. The summed E-state index contributed by atoms with van der Waals surface area (Å²) in [6.45, 7) is 6.58. The van der Waals surface area contributed by atoms with Crippen molar-refractivity contribution >= 4 is 8.07 Å². The van der Waals surface area contributed by atoms with E-state index in [1.807, 2.05) is 0 Å². The van der Waals surface area contributed by atoms with Crippen molar-refractivity contribution in [3.63, 3.8) is 0 Å². The van der Waals surface area contributed by atoms with Crippen molar-refractivity contribution in [1.29, 1.82) is 0 Å². The van der Waals surface area contributed by atoms with E-state index in [0.29, 0.717) is 5.88 Å². The van der Waals surface area contributed by atoms with Crippen LogP contribution in [-0.2, 0) is 0 Å². The van der Waals surface area contributed by atoms with Gasteiger partial charge in [-0.15, -0.1) is 5.54 Å². The van der Waals surface area contributed by atoms with Gasteiger partial charge >= 0.3 is 0 Å². The predicted octanol–water partition coefficient (Wildman–Crippen LogP) is 1.71. The minimum Gasteiger partial charge on any atom is -0.481 e. The number of aromatic nitrogens is 2. The fourth-order valence-electron chi connectivity index (χ4n) is 0.771. The largest absolute Gasteiger partial charge is 0.481 e. The Morgan fingerprint density at radius 2 is 2.00 bits per heavy atom. The molecular weight excluding hydrogens is 192 g/mol. The maximum Gasteiger partial charge on any atom is 0.217 e. The van der Waals surface area contributed by atoms with Crippen LogP contribution in [0.3, 0.4) is 0 Å². The summed E-state index contributed by atoms with van der Waals surface area (Å²) in [5, 5.41) is 0. The van der Waals surface area contributed by atoms with Crippen LogP contribution in [0.1, 0.15) is 5.69 Å². The molecule has 0 aliphatic heterocycles. The van der Waals surface area contributed by atoms with Gasteiger partial charge in [0.2, 0.25) is 5.88 Å². The van der Waals surface area contributed by atoms with Crippen LogP contribution in [0.4, 0.5) is 0 Å². The Morgan fingerprint density at radius 3 is 2.57 bits per heavy atom. The zero-order valence-corrected chi connectivity index (χ0v) is 9.96. The second kappa shape index (κ2) is 4.25. The molecule has 0 radical (unpaired) electrons. The number of methoxy groups -OCH3 is 1. The molecule has 0 amide bonds. The Labute approximate surface area is 85.6 Å². The first-order chi connectivity index (χ1) is 6.51. The Kier molecular flexibility index (Phi) is 3.26. The highest BCUT2D eigenvalue weighted by molar-refractivity contribution is 6.83. The summed E-state index contributed by atoms with van der Waals surface area (Å²) < 4.78 is 4.98. The molecule has 1 aromatic rings. The number of rotatable bonds is 1. The summed E-state index contributed by atoms with van der Waals surface area (Å²) in [5.41, 5.74) is 3.95. The smallest absolute Gasteiger partial charge is 0.217 e. The molecule has 3 nitrogen and oxygen atoms in total. The summed E-state index contributed by atoms with van der Waals surface area (Å²) in [4.78, 5) is 7.96. The lowest BCUT2D eigenvalue weighted by Crippen LogP contribution is -2.16. The first-order valence-electron chi connectivity index (χ1n) is 4.40. The van der Waals surface area contributed by atoms with Gasteiger partial charge in [0.25, 0.3) is 0 Å². The lowest BCUT2D eigenvalue weighted by atomic mass is 10.4. The number of ether oxygens (including phenoxy) is 1. The normalized spacial score (nSPS) is 10.3. The summed E-state index contributed by atoms with van der Waals surface area (Å²) in [5.74, 6) is 3.60. The fourth-order valence-corrected chi connectivity index (χ4v) is 1.27. The van der Waals surface area contributed by atoms with Gasteiger partial charge in [-0.05, 0) is 0 Å². The van der Waals surface area contributed by atoms with Crippen LogP contribution in [0.2, 0.25) is 19.6 Å². The van der Waals surface area contributed by atoms with Gasteiger partial charge in [-0.3, -0.25) is 0 Å². The highest BCUT2D eigenvalue weighted by Crippen LogP contribution is 2.05. The topological polar surface area (TPSA) is 35.0 Å². The highest BCUT2D eigenvalue weighted by atomic mass is 28.3. The van der Waals surface area contributed by atoms with Crippen LogP contribution in [-0.4, -0.2) is 25.2 Å². The van der Waals surface area contributed by atoms with E-state index in [2.05, 4.69) is 41.1 Å². The van der Waals surface area contributed by atoms with Crippen molar-refractivity contribution < 1.29 is 4.74 Å². The third-order valence-electron chi connectivity index (χ3n) is 1.42. The summed E-state index contributed by atoms with van der Waals surface area (Å²) in [6.07, 6.45) is 1.47. The number of hydrogen-bond donors (Lipinski definition) is 0. The highest BCUT2D eigenvalue weighted by Gasteiger charge is 2.07. The molecule has 74 valence electrons. The molecule has 0 spiro atoms. The lowest BCUT2D eigenvalue weighted by Gasteiger charge is -2.03. The second-order valence-electron chi connectivity index (χ2n) is 3.95. The van der Waals surface area contributed by atoms with E-state index in [4.69, 9.17) is 4.74 Å². The van der Waals surface area contributed by atoms with Crippen LogP contribution in [0.15, 0.2) is 12.4 Å². The maximum atomic E-state index is 4.98. The average Bonchev–Trinajstić information content (AvgIpc) is 2.14. The van der Waals surface area contributed by atoms with Crippen molar-refractivity contribution in [2.45, 2.75) is 19.6 Å². The van der Waals surface area contributed by atoms with Gasteiger partial charge in [-0.2, -0.15) is 0 Å². The van der Waals surface area contributed by atoms with E-state index in [0.717, 1.165) is 5.69 Å². The van der Waals surface area contributed by atoms with Gasteiger partial charge in [0, 0.05) is 6.07 Å².